The van der Waals surface area contributed by atoms with Gasteiger partial charge in [0.25, 0.3) is 0 Å². The summed E-state index contributed by atoms with van der Waals surface area (Å²) in [6.07, 6.45) is 6.29. The number of rotatable bonds is 5. The summed E-state index contributed by atoms with van der Waals surface area (Å²) in [6.45, 7) is 0.742. The molecule has 4 heteroatoms. The highest BCUT2D eigenvalue weighted by molar-refractivity contribution is 5.76. The van der Waals surface area contributed by atoms with Crippen LogP contribution in [-0.2, 0) is 13.5 Å². The van der Waals surface area contributed by atoms with Crippen LogP contribution >= 0.6 is 0 Å². The van der Waals surface area contributed by atoms with E-state index in [0.29, 0.717) is 0 Å². The number of para-hydroxylation sites is 1. The fraction of sp³-hybridized carbons (Fsp3) is 0.286. The lowest BCUT2D eigenvalue weighted by Crippen LogP contribution is -1.97. The largest absolute Gasteiger partial charge is 0.496 e. The van der Waals surface area contributed by atoms with Gasteiger partial charge in [-0.05, 0) is 18.1 Å². The molecule has 0 aliphatic carbocycles. The maximum absolute atomic E-state index is 5.30. The summed E-state index contributed by atoms with van der Waals surface area (Å²) in [5.41, 5.74) is 2.19. The van der Waals surface area contributed by atoms with E-state index >= 15 is 0 Å². The zero-order chi connectivity index (χ0) is 12.8. The molecule has 2 rings (SSSR count). The van der Waals surface area contributed by atoms with Gasteiger partial charge >= 0.3 is 0 Å². The van der Waals surface area contributed by atoms with Gasteiger partial charge in [0.05, 0.1) is 25.3 Å². The Hall–Kier alpha value is -2.10. The average Bonchev–Trinajstić information content (AvgIpc) is 2.81. The molecule has 0 radical (unpaired) electrons. The number of benzene rings is 1. The Morgan fingerprint density at radius 3 is 2.94 bits per heavy atom. The van der Waals surface area contributed by atoms with E-state index in [1.54, 1.807) is 19.6 Å². The number of methoxy groups -OCH3 is 1. The van der Waals surface area contributed by atoms with E-state index in [1.165, 1.54) is 5.56 Å². The number of imidazole rings is 1. The highest BCUT2D eigenvalue weighted by atomic mass is 16.5. The zero-order valence-electron chi connectivity index (χ0n) is 10.7. The van der Waals surface area contributed by atoms with Crippen LogP contribution in [0, 0.1) is 0 Å². The first-order valence-corrected chi connectivity index (χ1v) is 5.89. The van der Waals surface area contributed by atoms with Crippen molar-refractivity contribution in [3.63, 3.8) is 0 Å². The first-order chi connectivity index (χ1) is 8.81. The number of nitrogens with zero attached hydrogens (tertiary/aromatic N) is 3. The molecule has 94 valence electrons. The van der Waals surface area contributed by atoms with E-state index in [-0.39, 0.29) is 0 Å². The summed E-state index contributed by atoms with van der Waals surface area (Å²) in [5.74, 6) is 0.924. The Morgan fingerprint density at radius 1 is 1.39 bits per heavy atom. The van der Waals surface area contributed by atoms with Gasteiger partial charge in [0, 0.05) is 19.8 Å². The van der Waals surface area contributed by atoms with Crippen molar-refractivity contribution in [1.82, 2.24) is 9.55 Å². The summed E-state index contributed by atoms with van der Waals surface area (Å²) in [4.78, 5) is 8.44. The summed E-state index contributed by atoms with van der Waals surface area (Å²) < 4.78 is 7.24. The molecule has 1 aromatic carbocycles. The molecule has 1 aromatic heterocycles. The van der Waals surface area contributed by atoms with Gasteiger partial charge in [-0.3, -0.25) is 4.99 Å². The number of aliphatic imine (C=N–C) groups is 1. The molecule has 0 spiro atoms. The molecule has 0 N–H and O–H groups in total. The van der Waals surface area contributed by atoms with Gasteiger partial charge < -0.3 is 9.30 Å². The molecule has 0 aliphatic rings. The molecular formula is C14H17N3O. The van der Waals surface area contributed by atoms with Crippen molar-refractivity contribution >= 4 is 6.21 Å². The fourth-order valence-electron chi connectivity index (χ4n) is 1.74. The molecule has 0 fully saturated rings. The van der Waals surface area contributed by atoms with Crippen LogP contribution < -0.4 is 4.74 Å². The molecular weight excluding hydrogens is 226 g/mol. The van der Waals surface area contributed by atoms with E-state index in [2.05, 4.69) is 16.0 Å². The second-order valence-electron chi connectivity index (χ2n) is 4.03. The minimum Gasteiger partial charge on any atom is -0.496 e. The van der Waals surface area contributed by atoms with Gasteiger partial charge in [-0.1, -0.05) is 18.2 Å². The number of ether oxygens (including phenoxy) is 1. The molecule has 2 aromatic rings. The van der Waals surface area contributed by atoms with Crippen molar-refractivity contribution in [2.75, 3.05) is 13.7 Å². The number of hydrogen-bond acceptors (Lipinski definition) is 3. The van der Waals surface area contributed by atoms with Gasteiger partial charge in [-0.15, -0.1) is 0 Å². The SMILES string of the molecule is COc1ccccc1CCN=Cc1cncn1C. The lowest BCUT2D eigenvalue weighted by molar-refractivity contribution is 0.410. The smallest absolute Gasteiger partial charge is 0.122 e. The van der Waals surface area contributed by atoms with Crippen LogP contribution in [-0.4, -0.2) is 29.4 Å². The maximum Gasteiger partial charge on any atom is 0.122 e. The molecule has 0 atom stereocenters. The molecule has 0 aliphatic heterocycles. The zero-order valence-corrected chi connectivity index (χ0v) is 10.7. The van der Waals surface area contributed by atoms with Crippen molar-refractivity contribution in [3.05, 3.63) is 48.0 Å². The lowest BCUT2D eigenvalue weighted by Gasteiger charge is -2.05. The second kappa shape index (κ2) is 6.00. The molecule has 4 nitrogen and oxygen atoms in total. The first kappa shape index (κ1) is 12.4. The van der Waals surface area contributed by atoms with Crippen molar-refractivity contribution in [3.8, 4) is 5.75 Å². The summed E-state index contributed by atoms with van der Waals surface area (Å²) >= 11 is 0. The molecule has 1 heterocycles. The molecule has 0 saturated heterocycles. The third kappa shape index (κ3) is 2.97. The topological polar surface area (TPSA) is 39.4 Å². The van der Waals surface area contributed by atoms with Gasteiger partial charge in [0.15, 0.2) is 0 Å². The van der Waals surface area contributed by atoms with Crippen LogP contribution in [0.4, 0.5) is 0 Å². The summed E-state index contributed by atoms with van der Waals surface area (Å²) in [7, 11) is 3.65. The third-order valence-corrected chi connectivity index (χ3v) is 2.78. The molecule has 0 saturated carbocycles. The monoisotopic (exact) mass is 243 g/mol. The maximum atomic E-state index is 5.30. The molecule has 0 amide bonds. The minimum atomic E-state index is 0.742. The highest BCUT2D eigenvalue weighted by Crippen LogP contribution is 2.17. The fourth-order valence-corrected chi connectivity index (χ4v) is 1.74. The van der Waals surface area contributed by atoms with Gasteiger partial charge in [-0.25, -0.2) is 4.98 Å². The quantitative estimate of drug-likeness (QED) is 0.754. The molecule has 0 bridgehead atoms. The Kier molecular flexibility index (Phi) is 4.12. The van der Waals surface area contributed by atoms with Gasteiger partial charge in [0.1, 0.15) is 5.75 Å². The Balaban J connectivity index is 1.92. The van der Waals surface area contributed by atoms with Crippen LogP contribution in [0.5, 0.6) is 5.75 Å². The van der Waals surface area contributed by atoms with Crippen molar-refractivity contribution in [1.29, 1.82) is 0 Å². The minimum absolute atomic E-state index is 0.742. The van der Waals surface area contributed by atoms with Crippen LogP contribution in [0.3, 0.4) is 0 Å². The normalized spacial score (nSPS) is 11.0. The Morgan fingerprint density at radius 2 is 2.22 bits per heavy atom. The average molecular weight is 243 g/mol. The number of hydrogen-bond donors (Lipinski definition) is 0. The van der Waals surface area contributed by atoms with E-state index < -0.39 is 0 Å². The van der Waals surface area contributed by atoms with Gasteiger partial charge in [0.2, 0.25) is 0 Å². The predicted octanol–water partition coefficient (Wildman–Crippen LogP) is 2.09. The van der Waals surface area contributed by atoms with E-state index in [0.717, 1.165) is 24.4 Å². The van der Waals surface area contributed by atoms with Crippen LogP contribution in [0.1, 0.15) is 11.3 Å². The molecule has 18 heavy (non-hydrogen) atoms. The third-order valence-electron chi connectivity index (χ3n) is 2.78. The Labute approximate surface area is 107 Å². The van der Waals surface area contributed by atoms with Crippen LogP contribution in [0.25, 0.3) is 0 Å². The van der Waals surface area contributed by atoms with E-state index in [4.69, 9.17) is 4.74 Å². The van der Waals surface area contributed by atoms with E-state index in [1.807, 2.05) is 36.0 Å². The van der Waals surface area contributed by atoms with Gasteiger partial charge in [-0.2, -0.15) is 0 Å². The van der Waals surface area contributed by atoms with E-state index in [9.17, 15) is 0 Å². The van der Waals surface area contributed by atoms with Crippen LogP contribution in [0.2, 0.25) is 0 Å². The number of aryl methyl sites for hydroxylation is 1. The number of aromatic nitrogens is 2. The lowest BCUT2D eigenvalue weighted by atomic mass is 10.1. The second-order valence-corrected chi connectivity index (χ2v) is 4.03. The van der Waals surface area contributed by atoms with Crippen LogP contribution in [0.15, 0.2) is 41.8 Å². The van der Waals surface area contributed by atoms with Crippen molar-refractivity contribution < 1.29 is 4.74 Å². The summed E-state index contributed by atoms with van der Waals surface area (Å²) in [5, 5.41) is 0. The molecule has 0 unspecified atom stereocenters. The predicted molar refractivity (Wildman–Crippen MR) is 72.4 cm³/mol. The first-order valence-electron chi connectivity index (χ1n) is 5.89. The van der Waals surface area contributed by atoms with Crippen molar-refractivity contribution in [2.45, 2.75) is 6.42 Å². The van der Waals surface area contributed by atoms with Crippen molar-refractivity contribution in [2.24, 2.45) is 12.0 Å². The highest BCUT2D eigenvalue weighted by Gasteiger charge is 2.00. The standard InChI is InChI=1S/C14H17N3O/c1-17-11-16-10-13(17)9-15-8-7-12-5-3-4-6-14(12)18-2/h3-6,9-11H,7-8H2,1-2H3. The summed E-state index contributed by atoms with van der Waals surface area (Å²) in [6, 6.07) is 8.03. The Bertz CT molecular complexity index is 531.